The van der Waals surface area contributed by atoms with Crippen LogP contribution in [0.15, 0.2) is 30.3 Å². The summed E-state index contributed by atoms with van der Waals surface area (Å²) in [7, 11) is 0. The zero-order chi connectivity index (χ0) is 15.2. The highest BCUT2D eigenvalue weighted by atomic mass is 16.6. The first kappa shape index (κ1) is 14.9. The van der Waals surface area contributed by atoms with Gasteiger partial charge in [0.25, 0.3) is 5.69 Å². The number of aldehydes is 1. The number of para-hydroxylation sites is 1. The number of nitro benzene ring substituents is 1. The summed E-state index contributed by atoms with van der Waals surface area (Å²) in [4.78, 5) is 34.9. The Kier molecular flexibility index (Phi) is 4.81. The van der Waals surface area contributed by atoms with Gasteiger partial charge in [0.05, 0.1) is 10.5 Å². The molecule has 1 saturated heterocycles. The first-order chi connectivity index (χ1) is 10.1. The third-order valence-electron chi connectivity index (χ3n) is 3.50. The Morgan fingerprint density at radius 1 is 1.38 bits per heavy atom. The normalized spacial score (nSPS) is 18.7. The van der Waals surface area contributed by atoms with Crippen LogP contribution in [0.2, 0.25) is 0 Å². The lowest BCUT2D eigenvalue weighted by atomic mass is 9.99. The Morgan fingerprint density at radius 2 is 2.14 bits per heavy atom. The first-order valence-electron chi connectivity index (χ1n) is 6.77. The molecule has 1 heterocycles. The molecule has 1 aliphatic rings. The molecule has 1 atom stereocenters. The van der Waals surface area contributed by atoms with Crippen LogP contribution in [0.4, 0.5) is 5.69 Å². The van der Waals surface area contributed by atoms with Crippen LogP contribution in [0.25, 0.3) is 6.08 Å². The molecule has 0 aromatic heterocycles. The molecular formula is C15H16N2O4. The van der Waals surface area contributed by atoms with Crippen molar-refractivity contribution in [3.05, 3.63) is 46.0 Å². The molecule has 2 rings (SSSR count). The summed E-state index contributed by atoms with van der Waals surface area (Å²) in [5.74, 6) is -0.332. The fraction of sp³-hybridized carbons (Fsp3) is 0.333. The smallest absolute Gasteiger partial charge is 0.276 e. The third kappa shape index (κ3) is 3.75. The van der Waals surface area contributed by atoms with Gasteiger partial charge in [-0.3, -0.25) is 14.9 Å². The highest BCUT2D eigenvalue weighted by Gasteiger charge is 2.21. The number of hydrogen-bond acceptors (Lipinski definition) is 4. The Hall–Kier alpha value is -2.50. The molecule has 0 aliphatic carbocycles. The second-order valence-electron chi connectivity index (χ2n) is 4.97. The van der Waals surface area contributed by atoms with Gasteiger partial charge < -0.3 is 9.69 Å². The number of rotatable bonds is 4. The van der Waals surface area contributed by atoms with E-state index in [1.807, 2.05) is 0 Å². The van der Waals surface area contributed by atoms with E-state index in [9.17, 15) is 19.7 Å². The fourth-order valence-electron chi connectivity index (χ4n) is 2.38. The number of benzene rings is 1. The molecule has 0 saturated carbocycles. The summed E-state index contributed by atoms with van der Waals surface area (Å²) in [5, 5.41) is 10.9. The largest absolute Gasteiger partial charge is 0.338 e. The second kappa shape index (κ2) is 6.78. The predicted molar refractivity (Wildman–Crippen MR) is 77.5 cm³/mol. The Balaban J connectivity index is 2.09. The number of piperidine rings is 1. The van der Waals surface area contributed by atoms with E-state index in [1.165, 1.54) is 18.2 Å². The van der Waals surface area contributed by atoms with Crippen molar-refractivity contribution in [3.63, 3.8) is 0 Å². The van der Waals surface area contributed by atoms with Crippen molar-refractivity contribution in [1.82, 2.24) is 4.90 Å². The van der Waals surface area contributed by atoms with E-state index in [0.29, 0.717) is 18.7 Å². The van der Waals surface area contributed by atoms with Gasteiger partial charge in [-0.25, -0.2) is 0 Å². The lowest BCUT2D eigenvalue weighted by Crippen LogP contribution is -2.39. The minimum Gasteiger partial charge on any atom is -0.338 e. The molecule has 110 valence electrons. The number of nitrogens with zero attached hydrogens (tertiary/aromatic N) is 2. The van der Waals surface area contributed by atoms with Crippen LogP contribution in [0.3, 0.4) is 0 Å². The van der Waals surface area contributed by atoms with Gasteiger partial charge in [0, 0.05) is 31.1 Å². The maximum Gasteiger partial charge on any atom is 0.276 e. The van der Waals surface area contributed by atoms with E-state index < -0.39 is 4.92 Å². The highest BCUT2D eigenvalue weighted by Crippen LogP contribution is 2.20. The summed E-state index contributed by atoms with van der Waals surface area (Å²) < 4.78 is 0. The average molecular weight is 288 g/mol. The Bertz CT molecular complexity index is 583. The van der Waals surface area contributed by atoms with Gasteiger partial charge in [0.15, 0.2) is 0 Å². The summed E-state index contributed by atoms with van der Waals surface area (Å²) in [6, 6.07) is 6.25. The number of carbonyl (C=O) groups excluding carboxylic acids is 2. The van der Waals surface area contributed by atoms with Crippen LogP contribution in [-0.4, -0.2) is 35.1 Å². The van der Waals surface area contributed by atoms with Gasteiger partial charge in [-0.1, -0.05) is 12.1 Å². The van der Waals surface area contributed by atoms with E-state index in [-0.39, 0.29) is 17.5 Å². The maximum absolute atomic E-state index is 12.1. The molecule has 1 aromatic rings. The molecule has 0 radical (unpaired) electrons. The number of likely N-dealkylation sites (tertiary alicyclic amines) is 1. The van der Waals surface area contributed by atoms with Crippen molar-refractivity contribution in [2.75, 3.05) is 13.1 Å². The van der Waals surface area contributed by atoms with Gasteiger partial charge >= 0.3 is 0 Å². The standard InChI is InChI=1S/C15H16N2O4/c18-11-12-4-3-9-16(10-12)15(19)8-7-13-5-1-2-6-14(13)17(20)21/h1-2,5-8,11-12H,3-4,9-10H2/b8-7+/t12-/m1/s1. The van der Waals surface area contributed by atoms with Gasteiger partial charge in [-0.15, -0.1) is 0 Å². The molecule has 1 aromatic carbocycles. The molecule has 0 unspecified atom stereocenters. The SMILES string of the molecule is O=C[C@@H]1CCCN(C(=O)/C=C/c2ccccc2[N+](=O)[O-])C1. The molecule has 0 spiro atoms. The van der Waals surface area contributed by atoms with Gasteiger partial charge in [0.2, 0.25) is 5.91 Å². The van der Waals surface area contributed by atoms with Crippen molar-refractivity contribution in [1.29, 1.82) is 0 Å². The van der Waals surface area contributed by atoms with E-state index in [4.69, 9.17) is 0 Å². The monoisotopic (exact) mass is 288 g/mol. The molecule has 1 fully saturated rings. The number of amides is 1. The Labute approximate surface area is 122 Å². The molecular weight excluding hydrogens is 272 g/mol. The van der Waals surface area contributed by atoms with Crippen LogP contribution >= 0.6 is 0 Å². The average Bonchev–Trinajstić information content (AvgIpc) is 2.52. The second-order valence-corrected chi connectivity index (χ2v) is 4.97. The minimum absolute atomic E-state index is 0.0361. The molecule has 21 heavy (non-hydrogen) atoms. The van der Waals surface area contributed by atoms with Crippen LogP contribution < -0.4 is 0 Å². The molecule has 1 aliphatic heterocycles. The molecule has 1 amide bonds. The minimum atomic E-state index is -0.479. The predicted octanol–water partition coefficient (Wildman–Crippen LogP) is 2.05. The molecule has 6 nitrogen and oxygen atoms in total. The van der Waals surface area contributed by atoms with E-state index in [0.717, 1.165) is 19.1 Å². The van der Waals surface area contributed by atoms with Crippen molar-refractivity contribution >= 4 is 24.0 Å². The van der Waals surface area contributed by atoms with Crippen LogP contribution in [0.1, 0.15) is 18.4 Å². The summed E-state index contributed by atoms with van der Waals surface area (Å²) >= 11 is 0. The quantitative estimate of drug-likeness (QED) is 0.367. The molecule has 6 heteroatoms. The zero-order valence-corrected chi connectivity index (χ0v) is 11.5. The van der Waals surface area contributed by atoms with Crippen molar-refractivity contribution in [3.8, 4) is 0 Å². The topological polar surface area (TPSA) is 80.5 Å². The maximum atomic E-state index is 12.1. The lowest BCUT2D eigenvalue weighted by molar-refractivity contribution is -0.385. The highest BCUT2D eigenvalue weighted by molar-refractivity contribution is 5.92. The Morgan fingerprint density at radius 3 is 2.86 bits per heavy atom. The van der Waals surface area contributed by atoms with Gasteiger partial charge in [-0.2, -0.15) is 0 Å². The zero-order valence-electron chi connectivity index (χ0n) is 11.5. The van der Waals surface area contributed by atoms with Crippen LogP contribution in [0, 0.1) is 16.0 Å². The summed E-state index contributed by atoms with van der Waals surface area (Å²) in [5.41, 5.74) is 0.353. The lowest BCUT2D eigenvalue weighted by Gasteiger charge is -2.29. The van der Waals surface area contributed by atoms with Crippen molar-refractivity contribution < 1.29 is 14.5 Å². The fourth-order valence-corrected chi connectivity index (χ4v) is 2.38. The number of nitro groups is 1. The number of carbonyl (C=O) groups is 2. The third-order valence-corrected chi connectivity index (χ3v) is 3.50. The van der Waals surface area contributed by atoms with Crippen molar-refractivity contribution in [2.45, 2.75) is 12.8 Å². The molecule has 0 bridgehead atoms. The first-order valence-corrected chi connectivity index (χ1v) is 6.77. The van der Waals surface area contributed by atoms with Crippen LogP contribution in [0.5, 0.6) is 0 Å². The van der Waals surface area contributed by atoms with E-state index in [1.54, 1.807) is 23.1 Å². The van der Waals surface area contributed by atoms with E-state index >= 15 is 0 Å². The van der Waals surface area contributed by atoms with Crippen molar-refractivity contribution in [2.24, 2.45) is 5.92 Å². The van der Waals surface area contributed by atoms with Gasteiger partial charge in [-0.05, 0) is 25.0 Å². The van der Waals surface area contributed by atoms with E-state index in [2.05, 4.69) is 0 Å². The molecule has 0 N–H and O–H groups in total. The summed E-state index contributed by atoms with van der Waals surface area (Å²) in [6.07, 6.45) is 5.27. The van der Waals surface area contributed by atoms with Crippen LogP contribution in [-0.2, 0) is 9.59 Å². The number of hydrogen-bond donors (Lipinski definition) is 0. The summed E-state index contributed by atoms with van der Waals surface area (Å²) in [6.45, 7) is 1.04. The van der Waals surface area contributed by atoms with Gasteiger partial charge in [0.1, 0.15) is 6.29 Å².